The van der Waals surface area contributed by atoms with Crippen molar-refractivity contribution in [3.63, 3.8) is 0 Å². The van der Waals surface area contributed by atoms with E-state index in [9.17, 15) is 4.79 Å². The number of carbonyl (C=O) groups is 1. The molecule has 0 spiro atoms. The van der Waals surface area contributed by atoms with E-state index in [-0.39, 0.29) is 11.7 Å². The average Bonchev–Trinajstić information content (AvgIpc) is 2.37. The fourth-order valence-corrected chi connectivity index (χ4v) is 2.17. The van der Waals surface area contributed by atoms with E-state index in [0.717, 1.165) is 31.2 Å². The smallest absolute Gasteiger partial charge is 0.169 e. The summed E-state index contributed by atoms with van der Waals surface area (Å²) in [6.45, 7) is 4.25. The van der Waals surface area contributed by atoms with Crippen LogP contribution in [0, 0.1) is 5.92 Å². The van der Waals surface area contributed by atoms with Gasteiger partial charge < -0.3 is 4.74 Å². The van der Waals surface area contributed by atoms with Crippen LogP contribution in [0.25, 0.3) is 0 Å². The molecule has 1 aromatic rings. The van der Waals surface area contributed by atoms with Gasteiger partial charge in [0.15, 0.2) is 5.78 Å². The molecule has 0 aliphatic carbocycles. The van der Waals surface area contributed by atoms with Crippen molar-refractivity contribution in [2.24, 2.45) is 5.92 Å². The first-order valence-corrected chi connectivity index (χ1v) is 6.41. The molecule has 0 saturated carbocycles. The molecule has 0 aliphatic rings. The zero-order valence-corrected chi connectivity index (χ0v) is 11.0. The van der Waals surface area contributed by atoms with Crippen LogP contribution in [-0.2, 0) is 0 Å². The molecule has 0 N–H and O–H groups in total. The van der Waals surface area contributed by atoms with Gasteiger partial charge in [-0.2, -0.15) is 0 Å². The normalized spacial score (nSPS) is 10.6. The Balaban J connectivity index is 2.92. The highest BCUT2D eigenvalue weighted by molar-refractivity contribution is 6.00. The Hall–Kier alpha value is -1.31. The lowest BCUT2D eigenvalue weighted by Crippen LogP contribution is -2.15. The third-order valence-corrected chi connectivity index (χ3v) is 3.02. The quantitative estimate of drug-likeness (QED) is 0.664. The molecule has 0 radical (unpaired) electrons. The molecule has 0 atom stereocenters. The summed E-state index contributed by atoms with van der Waals surface area (Å²) in [5, 5.41) is 0. The van der Waals surface area contributed by atoms with Crippen molar-refractivity contribution in [2.75, 3.05) is 7.11 Å². The average molecular weight is 234 g/mol. The second-order valence-electron chi connectivity index (χ2n) is 4.34. The summed E-state index contributed by atoms with van der Waals surface area (Å²) in [6.07, 6.45) is 4.02. The summed E-state index contributed by atoms with van der Waals surface area (Å²) in [5.41, 5.74) is 0.724. The zero-order valence-electron chi connectivity index (χ0n) is 11.0. The highest BCUT2D eigenvalue weighted by Crippen LogP contribution is 2.25. The molecule has 0 unspecified atom stereocenters. The molecule has 2 heteroatoms. The number of ketones is 1. The number of carbonyl (C=O) groups excluding carboxylic acids is 1. The first-order chi connectivity index (χ1) is 8.24. The van der Waals surface area contributed by atoms with Gasteiger partial charge >= 0.3 is 0 Å². The summed E-state index contributed by atoms with van der Waals surface area (Å²) in [4.78, 5) is 12.4. The van der Waals surface area contributed by atoms with Crippen LogP contribution < -0.4 is 4.74 Å². The molecule has 1 rings (SSSR count). The Kier molecular flexibility index (Phi) is 5.75. The zero-order chi connectivity index (χ0) is 12.7. The van der Waals surface area contributed by atoms with E-state index in [2.05, 4.69) is 13.8 Å². The lowest BCUT2D eigenvalue weighted by Gasteiger charge is -2.15. The van der Waals surface area contributed by atoms with Crippen LogP contribution in [-0.4, -0.2) is 12.9 Å². The maximum Gasteiger partial charge on any atom is 0.169 e. The number of benzene rings is 1. The van der Waals surface area contributed by atoms with E-state index in [0.29, 0.717) is 5.75 Å². The third kappa shape index (κ3) is 3.58. The predicted molar refractivity (Wildman–Crippen MR) is 70.6 cm³/mol. The number of methoxy groups -OCH3 is 1. The maximum atomic E-state index is 12.4. The SMILES string of the molecule is CCCC(CCC)C(=O)c1ccccc1OC. The van der Waals surface area contributed by atoms with E-state index in [4.69, 9.17) is 4.74 Å². The van der Waals surface area contributed by atoms with Crippen molar-refractivity contribution in [2.45, 2.75) is 39.5 Å². The standard InChI is InChI=1S/C15H22O2/c1-4-8-12(9-5-2)15(16)13-10-6-7-11-14(13)17-3/h6-7,10-12H,4-5,8-9H2,1-3H3. The van der Waals surface area contributed by atoms with Gasteiger partial charge in [0, 0.05) is 5.92 Å². The van der Waals surface area contributed by atoms with Crippen molar-refractivity contribution < 1.29 is 9.53 Å². The lowest BCUT2D eigenvalue weighted by molar-refractivity contribution is 0.0902. The van der Waals surface area contributed by atoms with Crippen LogP contribution >= 0.6 is 0 Å². The predicted octanol–water partition coefficient (Wildman–Crippen LogP) is 4.09. The van der Waals surface area contributed by atoms with Crippen LogP contribution in [0.3, 0.4) is 0 Å². The number of ether oxygens (including phenoxy) is 1. The van der Waals surface area contributed by atoms with E-state index in [1.807, 2.05) is 24.3 Å². The Morgan fingerprint density at radius 2 is 1.76 bits per heavy atom. The molecule has 0 aromatic heterocycles. The van der Waals surface area contributed by atoms with Crippen molar-refractivity contribution in [3.05, 3.63) is 29.8 Å². The van der Waals surface area contributed by atoms with Gasteiger partial charge in [-0.25, -0.2) is 0 Å². The molecule has 2 nitrogen and oxygen atoms in total. The molecule has 0 bridgehead atoms. The van der Waals surface area contributed by atoms with Crippen LogP contribution in [0.2, 0.25) is 0 Å². The molecule has 0 aliphatic heterocycles. The fourth-order valence-electron chi connectivity index (χ4n) is 2.17. The molecule has 94 valence electrons. The number of rotatable bonds is 7. The first kappa shape index (κ1) is 13.8. The summed E-state index contributed by atoms with van der Waals surface area (Å²) < 4.78 is 5.25. The lowest BCUT2D eigenvalue weighted by atomic mass is 9.89. The van der Waals surface area contributed by atoms with Crippen molar-refractivity contribution in [3.8, 4) is 5.75 Å². The minimum Gasteiger partial charge on any atom is -0.496 e. The van der Waals surface area contributed by atoms with Crippen LogP contribution in [0.1, 0.15) is 49.9 Å². The Morgan fingerprint density at radius 1 is 1.18 bits per heavy atom. The highest BCUT2D eigenvalue weighted by atomic mass is 16.5. The second-order valence-corrected chi connectivity index (χ2v) is 4.34. The van der Waals surface area contributed by atoms with Crippen LogP contribution in [0.5, 0.6) is 5.75 Å². The molecule has 0 heterocycles. The van der Waals surface area contributed by atoms with Gasteiger partial charge in [0.2, 0.25) is 0 Å². The number of hydrogen-bond donors (Lipinski definition) is 0. The molecule has 17 heavy (non-hydrogen) atoms. The fraction of sp³-hybridized carbons (Fsp3) is 0.533. The van der Waals surface area contributed by atoms with E-state index >= 15 is 0 Å². The highest BCUT2D eigenvalue weighted by Gasteiger charge is 2.21. The Bertz CT molecular complexity index is 352. The Morgan fingerprint density at radius 3 is 2.29 bits per heavy atom. The minimum atomic E-state index is 0.140. The van der Waals surface area contributed by atoms with E-state index in [1.165, 1.54) is 0 Å². The summed E-state index contributed by atoms with van der Waals surface area (Å²) in [6, 6.07) is 7.50. The molecular formula is C15H22O2. The summed E-state index contributed by atoms with van der Waals surface area (Å²) in [7, 11) is 1.61. The molecule has 0 amide bonds. The monoisotopic (exact) mass is 234 g/mol. The van der Waals surface area contributed by atoms with Gasteiger partial charge in [-0.15, -0.1) is 0 Å². The van der Waals surface area contributed by atoms with Gasteiger partial charge in [-0.3, -0.25) is 4.79 Å². The molecular weight excluding hydrogens is 212 g/mol. The summed E-state index contributed by atoms with van der Waals surface area (Å²) >= 11 is 0. The molecule has 0 fully saturated rings. The van der Waals surface area contributed by atoms with Gasteiger partial charge in [0.25, 0.3) is 0 Å². The van der Waals surface area contributed by atoms with Crippen molar-refractivity contribution in [1.29, 1.82) is 0 Å². The number of hydrogen-bond acceptors (Lipinski definition) is 2. The van der Waals surface area contributed by atoms with Gasteiger partial charge in [-0.05, 0) is 25.0 Å². The van der Waals surface area contributed by atoms with Crippen LogP contribution in [0.15, 0.2) is 24.3 Å². The summed E-state index contributed by atoms with van der Waals surface area (Å²) in [5.74, 6) is 1.06. The second kappa shape index (κ2) is 7.10. The number of Topliss-reactive ketones (excluding diaryl/α,β-unsaturated/α-hetero) is 1. The topological polar surface area (TPSA) is 26.3 Å². The van der Waals surface area contributed by atoms with Crippen LogP contribution in [0.4, 0.5) is 0 Å². The minimum absolute atomic E-state index is 0.140. The molecule has 0 saturated heterocycles. The van der Waals surface area contributed by atoms with Gasteiger partial charge in [0.05, 0.1) is 12.7 Å². The van der Waals surface area contributed by atoms with Gasteiger partial charge in [0.1, 0.15) is 5.75 Å². The van der Waals surface area contributed by atoms with Crippen molar-refractivity contribution >= 4 is 5.78 Å². The number of para-hydroxylation sites is 1. The van der Waals surface area contributed by atoms with E-state index < -0.39 is 0 Å². The first-order valence-electron chi connectivity index (χ1n) is 6.41. The maximum absolute atomic E-state index is 12.4. The van der Waals surface area contributed by atoms with E-state index in [1.54, 1.807) is 7.11 Å². The Labute approximate surface area is 104 Å². The molecule has 1 aromatic carbocycles. The third-order valence-electron chi connectivity index (χ3n) is 3.02. The largest absolute Gasteiger partial charge is 0.496 e. The van der Waals surface area contributed by atoms with Crippen molar-refractivity contribution in [1.82, 2.24) is 0 Å². The van der Waals surface area contributed by atoms with Gasteiger partial charge in [-0.1, -0.05) is 38.8 Å².